The first-order valence-corrected chi connectivity index (χ1v) is 5.36. The summed E-state index contributed by atoms with van der Waals surface area (Å²) in [5, 5.41) is 0. The zero-order chi connectivity index (χ0) is 10.8. The zero-order valence-electron chi connectivity index (χ0n) is 8.78. The number of oxazole rings is 1. The second-order valence-electron chi connectivity index (χ2n) is 3.84. The maximum absolute atomic E-state index is 5.06. The van der Waals surface area contributed by atoms with Crippen molar-refractivity contribution in [2.45, 2.75) is 19.8 Å². The van der Waals surface area contributed by atoms with Gasteiger partial charge in [0.15, 0.2) is 0 Å². The molecule has 0 fully saturated rings. The van der Waals surface area contributed by atoms with E-state index < -0.39 is 0 Å². The van der Waals surface area contributed by atoms with Crippen molar-refractivity contribution >= 4 is 12.2 Å². The Morgan fingerprint density at radius 3 is 2.33 bits per heavy atom. The highest BCUT2D eigenvalue weighted by molar-refractivity contribution is 7.71. The third-order valence-corrected chi connectivity index (χ3v) is 2.61. The summed E-state index contributed by atoms with van der Waals surface area (Å²) in [7, 11) is 0. The lowest BCUT2D eigenvalue weighted by molar-refractivity contribution is 0.541. The van der Waals surface area contributed by atoms with Gasteiger partial charge in [-0.05, 0) is 23.7 Å². The van der Waals surface area contributed by atoms with Crippen LogP contribution in [-0.4, -0.2) is 4.98 Å². The molecular formula is C12H13NOS. The smallest absolute Gasteiger partial charge is 0.266 e. The number of benzene rings is 1. The van der Waals surface area contributed by atoms with Crippen LogP contribution in [0.15, 0.2) is 34.9 Å². The van der Waals surface area contributed by atoms with Crippen molar-refractivity contribution in [3.63, 3.8) is 0 Å². The maximum Gasteiger partial charge on any atom is 0.266 e. The lowest BCUT2D eigenvalue weighted by atomic mass is 10.0. The molecule has 1 aromatic carbocycles. The van der Waals surface area contributed by atoms with Gasteiger partial charge in [-0.1, -0.05) is 38.1 Å². The molecule has 0 amide bonds. The molecule has 0 aliphatic rings. The second kappa shape index (κ2) is 4.03. The van der Waals surface area contributed by atoms with Crippen LogP contribution < -0.4 is 0 Å². The Morgan fingerprint density at radius 1 is 1.20 bits per heavy atom. The molecular weight excluding hydrogens is 206 g/mol. The molecule has 0 aliphatic carbocycles. The van der Waals surface area contributed by atoms with Gasteiger partial charge in [0.1, 0.15) is 6.26 Å². The fourth-order valence-corrected chi connectivity index (χ4v) is 1.63. The van der Waals surface area contributed by atoms with Gasteiger partial charge in [-0.2, -0.15) is 0 Å². The molecule has 0 bridgehead atoms. The molecule has 1 N–H and O–H groups in total. The fraction of sp³-hybridized carbons (Fsp3) is 0.250. The van der Waals surface area contributed by atoms with Crippen LogP contribution >= 0.6 is 12.2 Å². The number of aromatic amines is 1. The standard InChI is InChI=1S/C12H13NOS/c1-8(2)9-3-5-10(6-4-9)11-7-14-12(15)13-11/h3-8H,1-2H3,(H,13,15). The molecule has 0 atom stereocenters. The lowest BCUT2D eigenvalue weighted by Gasteiger charge is -2.05. The van der Waals surface area contributed by atoms with Crippen LogP contribution in [0.2, 0.25) is 0 Å². The first kappa shape index (κ1) is 10.2. The third-order valence-electron chi connectivity index (χ3n) is 2.41. The van der Waals surface area contributed by atoms with Crippen LogP contribution in [0.3, 0.4) is 0 Å². The van der Waals surface area contributed by atoms with E-state index in [1.54, 1.807) is 6.26 Å². The van der Waals surface area contributed by atoms with Crippen molar-refractivity contribution < 1.29 is 4.42 Å². The molecule has 0 spiro atoms. The summed E-state index contributed by atoms with van der Waals surface area (Å²) in [6.07, 6.45) is 1.65. The minimum Gasteiger partial charge on any atom is -0.437 e. The van der Waals surface area contributed by atoms with Gasteiger partial charge >= 0.3 is 0 Å². The summed E-state index contributed by atoms with van der Waals surface area (Å²) in [6.45, 7) is 4.36. The van der Waals surface area contributed by atoms with Gasteiger partial charge in [0.25, 0.3) is 4.84 Å². The molecule has 2 aromatic rings. The fourth-order valence-electron chi connectivity index (χ4n) is 1.47. The molecule has 3 heteroatoms. The molecule has 0 saturated carbocycles. The molecule has 2 rings (SSSR count). The van der Waals surface area contributed by atoms with E-state index in [0.717, 1.165) is 11.3 Å². The number of hydrogen-bond acceptors (Lipinski definition) is 2. The molecule has 1 aromatic heterocycles. The Balaban J connectivity index is 2.35. The van der Waals surface area contributed by atoms with Crippen molar-refractivity contribution in [2.24, 2.45) is 0 Å². The highest BCUT2D eigenvalue weighted by Crippen LogP contribution is 2.21. The maximum atomic E-state index is 5.06. The Bertz CT molecular complexity index is 493. The molecule has 0 aliphatic heterocycles. The first-order chi connectivity index (χ1) is 7.16. The summed E-state index contributed by atoms with van der Waals surface area (Å²) < 4.78 is 5.06. The molecule has 1 heterocycles. The van der Waals surface area contributed by atoms with Gasteiger partial charge in [-0.25, -0.2) is 0 Å². The minimum absolute atomic E-state index is 0.415. The monoisotopic (exact) mass is 219 g/mol. The van der Waals surface area contributed by atoms with Crippen LogP contribution in [0.1, 0.15) is 25.3 Å². The van der Waals surface area contributed by atoms with Crippen LogP contribution in [0.4, 0.5) is 0 Å². The highest BCUT2D eigenvalue weighted by Gasteiger charge is 2.02. The van der Waals surface area contributed by atoms with Crippen LogP contribution in [0.5, 0.6) is 0 Å². The summed E-state index contributed by atoms with van der Waals surface area (Å²) in [5.41, 5.74) is 3.36. The van der Waals surface area contributed by atoms with E-state index in [4.69, 9.17) is 16.6 Å². The van der Waals surface area contributed by atoms with Crippen molar-refractivity contribution in [1.82, 2.24) is 4.98 Å². The zero-order valence-corrected chi connectivity index (χ0v) is 9.60. The van der Waals surface area contributed by atoms with E-state index in [9.17, 15) is 0 Å². The number of rotatable bonds is 2. The third kappa shape index (κ3) is 2.18. The number of aromatic nitrogens is 1. The Hall–Kier alpha value is -1.35. The average molecular weight is 219 g/mol. The average Bonchev–Trinajstić information content (AvgIpc) is 2.65. The van der Waals surface area contributed by atoms with Gasteiger partial charge in [-0.15, -0.1) is 0 Å². The minimum atomic E-state index is 0.415. The van der Waals surface area contributed by atoms with E-state index in [1.807, 2.05) is 0 Å². The van der Waals surface area contributed by atoms with Gasteiger partial charge in [0.2, 0.25) is 0 Å². The van der Waals surface area contributed by atoms with E-state index >= 15 is 0 Å². The number of hydrogen-bond donors (Lipinski definition) is 1. The predicted octanol–water partition coefficient (Wildman–Crippen LogP) is 4.13. The predicted molar refractivity (Wildman–Crippen MR) is 63.4 cm³/mol. The first-order valence-electron chi connectivity index (χ1n) is 4.95. The summed E-state index contributed by atoms with van der Waals surface area (Å²) in [6, 6.07) is 8.41. The largest absolute Gasteiger partial charge is 0.437 e. The molecule has 0 radical (unpaired) electrons. The molecule has 2 nitrogen and oxygen atoms in total. The number of H-pyrrole nitrogens is 1. The normalized spacial score (nSPS) is 10.9. The SMILES string of the molecule is CC(C)c1ccc(-c2coc(=S)[nH]2)cc1. The molecule has 0 saturated heterocycles. The van der Waals surface area contributed by atoms with Gasteiger partial charge in [0, 0.05) is 5.56 Å². The van der Waals surface area contributed by atoms with E-state index in [-0.39, 0.29) is 0 Å². The molecule has 15 heavy (non-hydrogen) atoms. The van der Waals surface area contributed by atoms with Gasteiger partial charge < -0.3 is 9.40 Å². The topological polar surface area (TPSA) is 28.9 Å². The second-order valence-corrected chi connectivity index (χ2v) is 4.21. The van der Waals surface area contributed by atoms with E-state index in [0.29, 0.717) is 10.8 Å². The molecule has 78 valence electrons. The number of nitrogens with one attached hydrogen (secondary N) is 1. The van der Waals surface area contributed by atoms with Crippen molar-refractivity contribution in [1.29, 1.82) is 0 Å². The summed E-state index contributed by atoms with van der Waals surface area (Å²) in [5.74, 6) is 0.557. The van der Waals surface area contributed by atoms with Gasteiger partial charge in [-0.3, -0.25) is 0 Å². The van der Waals surface area contributed by atoms with Crippen LogP contribution in [0.25, 0.3) is 11.3 Å². The van der Waals surface area contributed by atoms with Gasteiger partial charge in [0.05, 0.1) is 5.69 Å². The lowest BCUT2D eigenvalue weighted by Crippen LogP contribution is -1.86. The van der Waals surface area contributed by atoms with E-state index in [2.05, 4.69) is 43.1 Å². The Kier molecular flexibility index (Phi) is 2.73. The van der Waals surface area contributed by atoms with Crippen molar-refractivity contribution in [3.05, 3.63) is 40.9 Å². The summed E-state index contributed by atoms with van der Waals surface area (Å²) in [4.78, 5) is 3.40. The van der Waals surface area contributed by atoms with Crippen LogP contribution in [0, 0.1) is 4.84 Å². The van der Waals surface area contributed by atoms with Crippen molar-refractivity contribution in [3.8, 4) is 11.3 Å². The molecule has 0 unspecified atom stereocenters. The van der Waals surface area contributed by atoms with Crippen LogP contribution in [-0.2, 0) is 0 Å². The Labute approximate surface area is 94.0 Å². The quantitative estimate of drug-likeness (QED) is 0.769. The highest BCUT2D eigenvalue weighted by atomic mass is 32.1. The van der Waals surface area contributed by atoms with Crippen molar-refractivity contribution in [2.75, 3.05) is 0 Å². The van der Waals surface area contributed by atoms with E-state index in [1.165, 1.54) is 5.56 Å². The Morgan fingerprint density at radius 2 is 1.87 bits per heavy atom. The summed E-state index contributed by atoms with van der Waals surface area (Å²) >= 11 is 4.88.